The number of anilines is 1. The van der Waals surface area contributed by atoms with Crippen LogP contribution in [-0.2, 0) is 17.8 Å². The monoisotopic (exact) mass is 345 g/mol. The van der Waals surface area contributed by atoms with Crippen LogP contribution in [0.3, 0.4) is 0 Å². The van der Waals surface area contributed by atoms with Crippen molar-refractivity contribution in [2.24, 2.45) is 0 Å². The van der Waals surface area contributed by atoms with Crippen LogP contribution < -0.4 is 10.5 Å². The predicted octanol–water partition coefficient (Wildman–Crippen LogP) is 2.81. The summed E-state index contributed by atoms with van der Waals surface area (Å²) in [5.41, 5.74) is 4.57. The molecule has 2 aromatic carbocycles. The average Bonchev–Trinajstić information content (AvgIpc) is 3.08. The Morgan fingerprint density at radius 2 is 1.81 bits per heavy atom. The average molecular weight is 345 g/mol. The first-order chi connectivity index (χ1) is 12.6. The zero-order valence-electron chi connectivity index (χ0n) is 14.6. The van der Waals surface area contributed by atoms with Gasteiger partial charge in [-0.15, -0.1) is 0 Å². The number of para-hydroxylation sites is 1. The van der Waals surface area contributed by atoms with Crippen LogP contribution in [0.5, 0.6) is 0 Å². The van der Waals surface area contributed by atoms with Gasteiger partial charge in [-0.1, -0.05) is 48.0 Å². The van der Waals surface area contributed by atoms with E-state index in [1.807, 2.05) is 55.5 Å². The first-order valence-electron chi connectivity index (χ1n) is 8.65. The van der Waals surface area contributed by atoms with Gasteiger partial charge in [-0.05, 0) is 31.0 Å². The molecule has 0 aliphatic carbocycles. The van der Waals surface area contributed by atoms with Crippen molar-refractivity contribution >= 4 is 11.6 Å². The molecule has 5 heteroatoms. The van der Waals surface area contributed by atoms with Crippen molar-refractivity contribution < 1.29 is 4.79 Å². The lowest BCUT2D eigenvalue weighted by molar-refractivity contribution is -0.119. The van der Waals surface area contributed by atoms with Crippen LogP contribution in [0.15, 0.2) is 65.5 Å². The highest BCUT2D eigenvalue weighted by atomic mass is 16.2. The van der Waals surface area contributed by atoms with Gasteiger partial charge in [0.05, 0.1) is 5.69 Å². The molecule has 0 spiro atoms. The number of hydrogen-bond donors (Lipinski definition) is 0. The number of carbonyl (C=O) groups is 1. The summed E-state index contributed by atoms with van der Waals surface area (Å²) < 4.78 is 1.25. The fourth-order valence-corrected chi connectivity index (χ4v) is 3.25. The lowest BCUT2D eigenvalue weighted by Gasteiger charge is -2.17. The largest absolute Gasteiger partial charge is 0.310 e. The highest BCUT2D eigenvalue weighted by molar-refractivity contribution is 5.95. The summed E-state index contributed by atoms with van der Waals surface area (Å²) in [6, 6.07) is 19.0. The minimum absolute atomic E-state index is 0.0626. The first-order valence-corrected chi connectivity index (χ1v) is 8.65. The van der Waals surface area contributed by atoms with E-state index in [1.54, 1.807) is 11.0 Å². The van der Waals surface area contributed by atoms with E-state index >= 15 is 0 Å². The number of benzene rings is 2. The van der Waals surface area contributed by atoms with Crippen LogP contribution in [0.4, 0.5) is 5.69 Å². The molecule has 0 bridgehead atoms. The second-order valence-electron chi connectivity index (χ2n) is 6.50. The highest BCUT2D eigenvalue weighted by Crippen LogP contribution is 2.27. The number of aryl methyl sites for hydroxylation is 1. The molecule has 26 heavy (non-hydrogen) atoms. The van der Waals surface area contributed by atoms with E-state index in [4.69, 9.17) is 0 Å². The standard InChI is InChI=1S/C21H19N3O2/c1-15-6-8-16(9-7-15)18-10-11-20(25)24(22-18)14-21(26)23-13-12-17-4-2-3-5-19(17)23/h2-11H,12-14H2,1H3. The quantitative estimate of drug-likeness (QED) is 0.733. The molecule has 3 aromatic rings. The van der Waals surface area contributed by atoms with Crippen LogP contribution in [0.25, 0.3) is 11.3 Å². The van der Waals surface area contributed by atoms with Gasteiger partial charge >= 0.3 is 0 Å². The third-order valence-electron chi connectivity index (χ3n) is 4.69. The van der Waals surface area contributed by atoms with Gasteiger partial charge in [0.2, 0.25) is 5.91 Å². The fraction of sp³-hybridized carbons (Fsp3) is 0.190. The van der Waals surface area contributed by atoms with Gasteiger partial charge in [0, 0.05) is 23.9 Å². The van der Waals surface area contributed by atoms with E-state index < -0.39 is 0 Å². The van der Waals surface area contributed by atoms with Gasteiger partial charge in [-0.3, -0.25) is 9.59 Å². The minimum atomic E-state index is -0.276. The SMILES string of the molecule is Cc1ccc(-c2ccc(=O)n(CC(=O)N3CCc4ccccc43)n2)cc1. The number of carbonyl (C=O) groups excluding carboxylic acids is 1. The number of fused-ring (bicyclic) bond motifs is 1. The number of rotatable bonds is 3. The predicted molar refractivity (Wildman–Crippen MR) is 101 cm³/mol. The molecular weight excluding hydrogens is 326 g/mol. The molecule has 1 amide bonds. The number of hydrogen-bond acceptors (Lipinski definition) is 3. The van der Waals surface area contributed by atoms with Gasteiger partial charge in [-0.2, -0.15) is 5.10 Å². The first kappa shape index (κ1) is 16.3. The molecule has 0 atom stereocenters. The molecule has 0 saturated heterocycles. The van der Waals surface area contributed by atoms with Gasteiger partial charge in [0.15, 0.2) is 0 Å². The molecule has 1 aromatic heterocycles. The summed E-state index contributed by atoms with van der Waals surface area (Å²) in [6.07, 6.45) is 0.841. The second-order valence-corrected chi connectivity index (χ2v) is 6.50. The smallest absolute Gasteiger partial charge is 0.267 e. The maximum absolute atomic E-state index is 12.7. The van der Waals surface area contributed by atoms with Gasteiger partial charge < -0.3 is 4.90 Å². The molecule has 0 fully saturated rings. The molecular formula is C21H19N3O2. The van der Waals surface area contributed by atoms with Crippen molar-refractivity contribution in [3.05, 3.63) is 82.1 Å². The Labute approximate surface area is 151 Å². The van der Waals surface area contributed by atoms with Crippen LogP contribution in [0, 0.1) is 6.92 Å². The van der Waals surface area contributed by atoms with Crippen LogP contribution in [0.2, 0.25) is 0 Å². The van der Waals surface area contributed by atoms with E-state index in [9.17, 15) is 9.59 Å². The fourth-order valence-electron chi connectivity index (χ4n) is 3.25. The molecule has 0 saturated carbocycles. The van der Waals surface area contributed by atoms with E-state index in [-0.39, 0.29) is 18.0 Å². The number of aromatic nitrogens is 2. The van der Waals surface area contributed by atoms with Gasteiger partial charge in [0.1, 0.15) is 6.54 Å². The summed E-state index contributed by atoms with van der Waals surface area (Å²) in [6.45, 7) is 2.60. The van der Waals surface area contributed by atoms with E-state index in [1.165, 1.54) is 10.7 Å². The summed E-state index contributed by atoms with van der Waals surface area (Å²) in [5, 5.41) is 4.40. The van der Waals surface area contributed by atoms with Crippen molar-refractivity contribution in [3.8, 4) is 11.3 Å². The zero-order chi connectivity index (χ0) is 18.1. The Morgan fingerprint density at radius 3 is 2.62 bits per heavy atom. The Morgan fingerprint density at radius 1 is 1.04 bits per heavy atom. The van der Waals surface area contributed by atoms with E-state index in [0.29, 0.717) is 12.2 Å². The second kappa shape index (κ2) is 6.59. The topological polar surface area (TPSA) is 55.2 Å². The maximum atomic E-state index is 12.7. The molecule has 0 radical (unpaired) electrons. The third kappa shape index (κ3) is 3.04. The summed E-state index contributed by atoms with van der Waals surface area (Å²) in [5.74, 6) is -0.120. The highest BCUT2D eigenvalue weighted by Gasteiger charge is 2.24. The number of nitrogens with zero attached hydrogens (tertiary/aromatic N) is 3. The van der Waals surface area contributed by atoms with Crippen LogP contribution in [-0.4, -0.2) is 22.2 Å². The lowest BCUT2D eigenvalue weighted by Crippen LogP contribution is -2.36. The molecule has 0 N–H and O–H groups in total. The summed E-state index contributed by atoms with van der Waals surface area (Å²) >= 11 is 0. The third-order valence-corrected chi connectivity index (χ3v) is 4.69. The molecule has 130 valence electrons. The van der Waals surface area contributed by atoms with E-state index in [0.717, 1.165) is 28.8 Å². The molecule has 0 unspecified atom stereocenters. The van der Waals surface area contributed by atoms with Crippen molar-refractivity contribution in [2.75, 3.05) is 11.4 Å². The zero-order valence-corrected chi connectivity index (χ0v) is 14.6. The van der Waals surface area contributed by atoms with Crippen molar-refractivity contribution in [1.82, 2.24) is 9.78 Å². The van der Waals surface area contributed by atoms with Crippen LogP contribution in [0.1, 0.15) is 11.1 Å². The molecule has 1 aliphatic rings. The Balaban J connectivity index is 1.60. The maximum Gasteiger partial charge on any atom is 0.267 e. The lowest BCUT2D eigenvalue weighted by atomic mass is 10.1. The molecule has 2 heterocycles. The summed E-state index contributed by atoms with van der Waals surface area (Å²) in [7, 11) is 0. The van der Waals surface area contributed by atoms with Crippen LogP contribution >= 0.6 is 0 Å². The summed E-state index contributed by atoms with van der Waals surface area (Å²) in [4.78, 5) is 26.7. The van der Waals surface area contributed by atoms with Gasteiger partial charge in [0.25, 0.3) is 5.56 Å². The van der Waals surface area contributed by atoms with Gasteiger partial charge in [-0.25, -0.2) is 4.68 Å². The van der Waals surface area contributed by atoms with Crippen molar-refractivity contribution in [3.63, 3.8) is 0 Å². The molecule has 4 rings (SSSR count). The van der Waals surface area contributed by atoms with Crippen molar-refractivity contribution in [2.45, 2.75) is 19.9 Å². The normalized spacial score (nSPS) is 12.9. The molecule has 5 nitrogen and oxygen atoms in total. The minimum Gasteiger partial charge on any atom is -0.310 e. The molecule has 1 aliphatic heterocycles. The van der Waals surface area contributed by atoms with E-state index in [2.05, 4.69) is 5.10 Å². The number of amides is 1. The Kier molecular flexibility index (Phi) is 4.13. The Bertz CT molecular complexity index is 1020. The van der Waals surface area contributed by atoms with Crippen molar-refractivity contribution in [1.29, 1.82) is 0 Å². The Hall–Kier alpha value is -3.21.